The number of hydrogen-bond acceptors (Lipinski definition) is 3. The molecule has 1 aromatic heterocycles. The number of nitrogens with zero attached hydrogens (tertiary/aromatic N) is 2. The summed E-state index contributed by atoms with van der Waals surface area (Å²) in [5.74, 6) is 0.286. The van der Waals surface area contributed by atoms with Crippen LogP contribution in [0.1, 0.15) is 5.56 Å². The van der Waals surface area contributed by atoms with Gasteiger partial charge in [0.2, 0.25) is 0 Å². The van der Waals surface area contributed by atoms with Crippen LogP contribution in [0.25, 0.3) is 0 Å². The molecule has 2 rings (SSSR count). The van der Waals surface area contributed by atoms with E-state index in [9.17, 15) is 4.79 Å². The van der Waals surface area contributed by atoms with Crippen LogP contribution in [-0.2, 0) is 13.0 Å². The first kappa shape index (κ1) is 12.9. The predicted octanol–water partition coefficient (Wildman–Crippen LogP) is 1.99. The van der Waals surface area contributed by atoms with E-state index in [0.717, 1.165) is 12.0 Å². The molecule has 1 aromatic carbocycles. The number of pyridine rings is 1. The molecule has 0 amide bonds. The SMILES string of the molecule is N#CCn1cccc(OCCc2ccccc2)c1=O. The molecule has 4 nitrogen and oxygen atoms in total. The van der Waals surface area contributed by atoms with Gasteiger partial charge in [-0.05, 0) is 17.7 Å². The Morgan fingerprint density at radius 3 is 2.68 bits per heavy atom. The molecular formula is C15H14N2O2. The summed E-state index contributed by atoms with van der Waals surface area (Å²) in [6, 6.07) is 15.2. The van der Waals surface area contributed by atoms with Gasteiger partial charge in [-0.3, -0.25) is 9.36 Å². The maximum atomic E-state index is 11.9. The van der Waals surface area contributed by atoms with E-state index in [2.05, 4.69) is 0 Å². The minimum absolute atomic E-state index is 0.0364. The molecule has 1 heterocycles. The Balaban J connectivity index is 1.99. The van der Waals surface area contributed by atoms with Crippen molar-refractivity contribution >= 4 is 0 Å². The Morgan fingerprint density at radius 1 is 1.16 bits per heavy atom. The van der Waals surface area contributed by atoms with E-state index in [1.807, 2.05) is 36.4 Å². The van der Waals surface area contributed by atoms with Crippen LogP contribution in [0.3, 0.4) is 0 Å². The van der Waals surface area contributed by atoms with Gasteiger partial charge in [0, 0.05) is 12.6 Å². The van der Waals surface area contributed by atoms with Crippen molar-refractivity contribution in [3.8, 4) is 11.8 Å². The van der Waals surface area contributed by atoms with E-state index in [1.165, 1.54) is 4.57 Å². The highest BCUT2D eigenvalue weighted by atomic mass is 16.5. The van der Waals surface area contributed by atoms with E-state index in [1.54, 1.807) is 18.3 Å². The molecule has 19 heavy (non-hydrogen) atoms. The average Bonchev–Trinajstić information content (AvgIpc) is 2.44. The van der Waals surface area contributed by atoms with Crippen LogP contribution in [-0.4, -0.2) is 11.2 Å². The quantitative estimate of drug-likeness (QED) is 0.820. The number of hydrogen-bond donors (Lipinski definition) is 0. The maximum Gasteiger partial charge on any atom is 0.293 e. The number of benzene rings is 1. The van der Waals surface area contributed by atoms with E-state index in [-0.39, 0.29) is 17.9 Å². The third-order valence-corrected chi connectivity index (χ3v) is 2.72. The van der Waals surface area contributed by atoms with Crippen LogP contribution in [0.2, 0.25) is 0 Å². The third-order valence-electron chi connectivity index (χ3n) is 2.72. The zero-order valence-electron chi connectivity index (χ0n) is 10.5. The Labute approximate surface area is 111 Å². The molecule has 0 saturated heterocycles. The van der Waals surface area contributed by atoms with Crippen LogP contribution in [0, 0.1) is 11.3 Å². The molecule has 0 spiro atoms. The second kappa shape index (κ2) is 6.41. The van der Waals surface area contributed by atoms with Crippen LogP contribution in [0.15, 0.2) is 53.5 Å². The lowest BCUT2D eigenvalue weighted by Crippen LogP contribution is -2.21. The lowest BCUT2D eigenvalue weighted by molar-refractivity contribution is 0.315. The summed E-state index contributed by atoms with van der Waals surface area (Å²) in [4.78, 5) is 11.9. The zero-order chi connectivity index (χ0) is 13.5. The normalized spacial score (nSPS) is 9.84. The van der Waals surface area contributed by atoms with Crippen molar-refractivity contribution < 1.29 is 4.74 Å². The van der Waals surface area contributed by atoms with Crippen LogP contribution in [0.4, 0.5) is 0 Å². The van der Waals surface area contributed by atoms with Crippen molar-refractivity contribution in [2.45, 2.75) is 13.0 Å². The monoisotopic (exact) mass is 254 g/mol. The van der Waals surface area contributed by atoms with Gasteiger partial charge in [-0.15, -0.1) is 0 Å². The Bertz CT molecular complexity index is 627. The average molecular weight is 254 g/mol. The second-order valence-electron chi connectivity index (χ2n) is 4.05. The molecule has 0 N–H and O–H groups in total. The number of nitriles is 1. The molecule has 2 aromatic rings. The standard InChI is InChI=1S/C15H14N2O2/c16-9-11-17-10-4-7-14(15(17)18)19-12-8-13-5-2-1-3-6-13/h1-7,10H,8,11-12H2. The highest BCUT2D eigenvalue weighted by molar-refractivity contribution is 5.19. The van der Waals surface area contributed by atoms with Gasteiger partial charge in [0.25, 0.3) is 5.56 Å². The summed E-state index contributed by atoms with van der Waals surface area (Å²) in [6.45, 7) is 0.477. The summed E-state index contributed by atoms with van der Waals surface area (Å²) in [5.41, 5.74) is 0.896. The molecule has 0 unspecified atom stereocenters. The van der Waals surface area contributed by atoms with E-state index < -0.39 is 0 Å². The van der Waals surface area contributed by atoms with Crippen molar-refractivity contribution in [2.75, 3.05) is 6.61 Å². The molecule has 0 radical (unpaired) electrons. The molecule has 0 aliphatic heterocycles. The lowest BCUT2D eigenvalue weighted by atomic mass is 10.2. The first-order valence-corrected chi connectivity index (χ1v) is 6.04. The molecule has 0 saturated carbocycles. The van der Waals surface area contributed by atoms with Crippen LogP contribution in [0.5, 0.6) is 5.75 Å². The summed E-state index contributed by atoms with van der Waals surface area (Å²) < 4.78 is 6.82. The van der Waals surface area contributed by atoms with Gasteiger partial charge < -0.3 is 4.74 Å². The zero-order valence-corrected chi connectivity index (χ0v) is 10.5. The molecule has 0 bridgehead atoms. The largest absolute Gasteiger partial charge is 0.488 e. The maximum absolute atomic E-state index is 11.9. The lowest BCUT2D eigenvalue weighted by Gasteiger charge is -2.07. The summed E-state index contributed by atoms with van der Waals surface area (Å²) in [5, 5.41) is 8.61. The molecule has 0 atom stereocenters. The first-order valence-electron chi connectivity index (χ1n) is 6.04. The summed E-state index contributed by atoms with van der Waals surface area (Å²) in [7, 11) is 0. The molecule has 0 aliphatic rings. The van der Waals surface area contributed by atoms with Crippen molar-refractivity contribution in [1.29, 1.82) is 5.26 Å². The third kappa shape index (κ3) is 3.46. The van der Waals surface area contributed by atoms with Crippen molar-refractivity contribution in [1.82, 2.24) is 4.57 Å². The fourth-order valence-corrected chi connectivity index (χ4v) is 1.75. The number of rotatable bonds is 5. The van der Waals surface area contributed by atoms with E-state index in [0.29, 0.717) is 6.61 Å². The number of aromatic nitrogens is 1. The fraction of sp³-hybridized carbons (Fsp3) is 0.200. The van der Waals surface area contributed by atoms with Crippen molar-refractivity contribution in [2.24, 2.45) is 0 Å². The minimum atomic E-state index is -0.267. The highest BCUT2D eigenvalue weighted by Crippen LogP contribution is 2.04. The molecule has 4 heteroatoms. The van der Waals surface area contributed by atoms with Gasteiger partial charge in [-0.2, -0.15) is 5.26 Å². The first-order chi connectivity index (χ1) is 9.31. The van der Waals surface area contributed by atoms with Crippen molar-refractivity contribution in [3.05, 3.63) is 64.6 Å². The fourth-order valence-electron chi connectivity index (χ4n) is 1.75. The molecule has 96 valence electrons. The van der Waals surface area contributed by atoms with Gasteiger partial charge in [0.15, 0.2) is 5.75 Å². The van der Waals surface area contributed by atoms with E-state index >= 15 is 0 Å². The van der Waals surface area contributed by atoms with Gasteiger partial charge in [-0.25, -0.2) is 0 Å². The summed E-state index contributed by atoms with van der Waals surface area (Å²) in [6.07, 6.45) is 2.32. The number of ether oxygens (including phenoxy) is 1. The minimum Gasteiger partial charge on any atom is -0.488 e. The Hall–Kier alpha value is -2.54. The van der Waals surface area contributed by atoms with Crippen molar-refractivity contribution in [3.63, 3.8) is 0 Å². The highest BCUT2D eigenvalue weighted by Gasteiger charge is 2.03. The van der Waals surface area contributed by atoms with Gasteiger partial charge >= 0.3 is 0 Å². The van der Waals surface area contributed by atoms with Gasteiger partial charge in [-0.1, -0.05) is 30.3 Å². The Kier molecular flexibility index (Phi) is 4.35. The molecule has 0 aliphatic carbocycles. The van der Waals surface area contributed by atoms with Gasteiger partial charge in [0.1, 0.15) is 6.54 Å². The second-order valence-corrected chi connectivity index (χ2v) is 4.05. The van der Waals surface area contributed by atoms with Crippen LogP contribution < -0.4 is 10.3 Å². The smallest absolute Gasteiger partial charge is 0.293 e. The van der Waals surface area contributed by atoms with Gasteiger partial charge in [0.05, 0.1) is 12.7 Å². The molecule has 0 fully saturated rings. The molecular weight excluding hydrogens is 240 g/mol. The Morgan fingerprint density at radius 2 is 1.95 bits per heavy atom. The van der Waals surface area contributed by atoms with E-state index in [4.69, 9.17) is 10.00 Å². The van der Waals surface area contributed by atoms with Crippen LogP contribution >= 0.6 is 0 Å². The topological polar surface area (TPSA) is 55.0 Å². The summed E-state index contributed by atoms with van der Waals surface area (Å²) >= 11 is 0. The predicted molar refractivity (Wildman–Crippen MR) is 72.0 cm³/mol.